The zero-order valence-electron chi connectivity index (χ0n) is 24.5. The molecule has 0 aromatic heterocycles. The summed E-state index contributed by atoms with van der Waals surface area (Å²) in [6.07, 6.45) is -8.76. The van der Waals surface area contributed by atoms with Crippen LogP contribution in [-0.4, -0.2) is 6.18 Å². The van der Waals surface area contributed by atoms with Crippen LogP contribution in [0.15, 0.2) is 133 Å². The summed E-state index contributed by atoms with van der Waals surface area (Å²) in [5.74, 6) is 3.68. The summed E-state index contributed by atoms with van der Waals surface area (Å²) < 4.78 is 92.0. The van der Waals surface area contributed by atoms with E-state index in [-0.39, 0.29) is 11.1 Å². The highest BCUT2D eigenvalue weighted by molar-refractivity contribution is 5.60. The Morgan fingerprint density at radius 1 is 0.609 bits per heavy atom. The quantitative estimate of drug-likeness (QED) is 0.129. The first-order valence-electron chi connectivity index (χ1n) is 14.7. The Kier molecular flexibility index (Phi) is 8.26. The van der Waals surface area contributed by atoms with Gasteiger partial charge in [-0.25, -0.2) is 0 Å². The molecule has 0 saturated carbocycles. The van der Waals surface area contributed by atoms with Gasteiger partial charge in [0.1, 0.15) is 0 Å². The minimum atomic E-state index is -4.83. The molecular formula is C39H28F6O. The van der Waals surface area contributed by atoms with Crippen LogP contribution in [0.3, 0.4) is 0 Å². The van der Waals surface area contributed by atoms with Gasteiger partial charge in [0.25, 0.3) is 0 Å². The number of benzene rings is 5. The van der Waals surface area contributed by atoms with Crippen molar-refractivity contribution in [3.05, 3.63) is 178 Å². The number of aryl methyl sites for hydroxylation is 1. The third kappa shape index (κ3) is 5.93. The molecule has 7 heteroatoms. The molecule has 46 heavy (non-hydrogen) atoms. The summed E-state index contributed by atoms with van der Waals surface area (Å²) >= 11 is 0. The van der Waals surface area contributed by atoms with Crippen molar-refractivity contribution in [3.8, 4) is 11.8 Å². The lowest BCUT2D eigenvalue weighted by molar-refractivity contribution is -0.138. The van der Waals surface area contributed by atoms with Gasteiger partial charge in [-0.3, -0.25) is 0 Å². The number of rotatable bonds is 7. The van der Waals surface area contributed by atoms with Crippen molar-refractivity contribution in [2.75, 3.05) is 0 Å². The van der Waals surface area contributed by atoms with E-state index in [1.54, 1.807) is 66.7 Å². The average molecular weight is 627 g/mol. The summed E-state index contributed by atoms with van der Waals surface area (Å²) in [7, 11) is 0. The Hall–Kier alpha value is -4.80. The monoisotopic (exact) mass is 626 g/mol. The second-order valence-electron chi connectivity index (χ2n) is 11.3. The molecule has 0 aliphatic heterocycles. The molecule has 0 saturated heterocycles. The molecule has 1 aliphatic carbocycles. The van der Waals surface area contributed by atoms with Crippen LogP contribution in [-0.2, 0) is 35.0 Å². The Morgan fingerprint density at radius 3 is 1.54 bits per heavy atom. The highest BCUT2D eigenvalue weighted by Crippen LogP contribution is 2.53. The lowest BCUT2D eigenvalue weighted by atomic mass is 9.69. The summed E-state index contributed by atoms with van der Waals surface area (Å²) in [5.41, 5.74) is -0.695. The van der Waals surface area contributed by atoms with E-state index in [1.807, 2.05) is 60.7 Å². The van der Waals surface area contributed by atoms with Crippen LogP contribution in [0.25, 0.3) is 0 Å². The molecule has 1 nitrogen and oxygen atoms in total. The van der Waals surface area contributed by atoms with Crippen molar-refractivity contribution in [3.63, 3.8) is 0 Å². The Labute approximate surface area is 263 Å². The first-order valence-corrected chi connectivity index (χ1v) is 14.7. The van der Waals surface area contributed by atoms with Gasteiger partial charge in [0.2, 0.25) is 0 Å². The van der Waals surface area contributed by atoms with E-state index in [9.17, 15) is 13.2 Å². The molecule has 5 aromatic rings. The molecule has 6 rings (SSSR count). The van der Waals surface area contributed by atoms with E-state index < -0.39 is 35.5 Å². The first-order chi connectivity index (χ1) is 22.0. The van der Waals surface area contributed by atoms with Crippen LogP contribution in [0.4, 0.5) is 26.3 Å². The van der Waals surface area contributed by atoms with E-state index >= 15 is 13.2 Å². The maximum Gasteiger partial charge on any atom is 0.457 e. The third-order valence-electron chi connectivity index (χ3n) is 8.51. The minimum Gasteiger partial charge on any atom is -0.349 e. The zero-order valence-corrected chi connectivity index (χ0v) is 24.5. The highest BCUT2D eigenvalue weighted by Gasteiger charge is 2.48. The fourth-order valence-electron chi connectivity index (χ4n) is 6.62. The molecule has 0 bridgehead atoms. The molecule has 0 spiro atoms. The van der Waals surface area contributed by atoms with Crippen LogP contribution in [0, 0.1) is 11.8 Å². The van der Waals surface area contributed by atoms with Gasteiger partial charge in [0, 0.05) is 22.5 Å². The number of ether oxygens (including phenoxy) is 1. The molecule has 1 aliphatic rings. The summed E-state index contributed by atoms with van der Waals surface area (Å²) in [5, 5.41) is 0. The van der Waals surface area contributed by atoms with E-state index in [0.29, 0.717) is 29.5 Å². The fraction of sp³-hybridized carbons (Fsp3) is 0.179. The second-order valence-corrected chi connectivity index (χ2v) is 11.3. The van der Waals surface area contributed by atoms with Gasteiger partial charge in [-0.05, 0) is 52.6 Å². The van der Waals surface area contributed by atoms with Crippen LogP contribution in [0.1, 0.15) is 50.9 Å². The maximum atomic E-state index is 15.1. The van der Waals surface area contributed by atoms with Gasteiger partial charge in [-0.2, -0.15) is 26.3 Å². The number of halogens is 6. The first kappa shape index (κ1) is 31.2. The predicted molar refractivity (Wildman–Crippen MR) is 165 cm³/mol. The van der Waals surface area contributed by atoms with Gasteiger partial charge in [-0.15, -0.1) is 0 Å². The zero-order chi connectivity index (χ0) is 32.4. The summed E-state index contributed by atoms with van der Waals surface area (Å²) in [4.78, 5) is 0. The number of alkyl halides is 6. The molecule has 0 amide bonds. The van der Waals surface area contributed by atoms with Crippen molar-refractivity contribution in [2.24, 2.45) is 0 Å². The molecule has 0 atom stereocenters. The smallest absolute Gasteiger partial charge is 0.349 e. The van der Waals surface area contributed by atoms with Crippen molar-refractivity contribution < 1.29 is 31.1 Å². The largest absolute Gasteiger partial charge is 0.457 e. The summed E-state index contributed by atoms with van der Waals surface area (Å²) in [6, 6.07) is 37.5. The average Bonchev–Trinajstić information content (AvgIpc) is 3.46. The molecule has 0 radical (unpaired) electrons. The van der Waals surface area contributed by atoms with Gasteiger partial charge < -0.3 is 4.74 Å². The lowest BCUT2D eigenvalue weighted by Crippen LogP contribution is -2.31. The molecule has 0 N–H and O–H groups in total. The minimum absolute atomic E-state index is 0.188. The summed E-state index contributed by atoms with van der Waals surface area (Å²) in [6.45, 7) is -0.420. The van der Waals surface area contributed by atoms with Crippen LogP contribution in [0.2, 0.25) is 0 Å². The van der Waals surface area contributed by atoms with E-state index in [2.05, 4.69) is 5.92 Å². The Balaban J connectivity index is 1.51. The molecule has 5 aromatic carbocycles. The van der Waals surface area contributed by atoms with Crippen LogP contribution in [0.5, 0.6) is 0 Å². The molecule has 0 unspecified atom stereocenters. The number of fused-ring (bicyclic) bond motifs is 1. The SMILES string of the molecule is FC(F)(F)C#CC(OCc1cc2c(c(C(F)(F)F)c1)C(c1ccccc1)(c1ccccc1)CC2)(c1ccccc1)c1ccccc1. The van der Waals surface area contributed by atoms with Gasteiger partial charge >= 0.3 is 12.4 Å². The number of hydrogen-bond acceptors (Lipinski definition) is 1. The Bertz CT molecular complexity index is 1770. The lowest BCUT2D eigenvalue weighted by Gasteiger charge is -2.34. The van der Waals surface area contributed by atoms with Crippen molar-refractivity contribution in [1.29, 1.82) is 0 Å². The van der Waals surface area contributed by atoms with Gasteiger partial charge in [-0.1, -0.05) is 127 Å². The topological polar surface area (TPSA) is 9.23 Å². The molecule has 0 fully saturated rings. The highest BCUT2D eigenvalue weighted by atomic mass is 19.4. The van der Waals surface area contributed by atoms with Gasteiger partial charge in [0.05, 0.1) is 12.2 Å². The van der Waals surface area contributed by atoms with Gasteiger partial charge in [0.15, 0.2) is 5.60 Å². The van der Waals surface area contributed by atoms with E-state index in [0.717, 1.165) is 17.2 Å². The van der Waals surface area contributed by atoms with Crippen LogP contribution < -0.4 is 0 Å². The molecule has 232 valence electrons. The predicted octanol–water partition coefficient (Wildman–Crippen LogP) is 10.0. The van der Waals surface area contributed by atoms with Crippen LogP contribution >= 0.6 is 0 Å². The second kappa shape index (κ2) is 12.2. The third-order valence-corrected chi connectivity index (χ3v) is 8.51. The van der Waals surface area contributed by atoms with E-state index in [4.69, 9.17) is 4.74 Å². The fourth-order valence-corrected chi connectivity index (χ4v) is 6.62. The van der Waals surface area contributed by atoms with Crippen molar-refractivity contribution in [2.45, 2.75) is 42.8 Å². The number of hydrogen-bond donors (Lipinski definition) is 0. The normalized spacial score (nSPS) is 14.3. The molecule has 0 heterocycles. The Morgan fingerprint density at radius 2 is 1.09 bits per heavy atom. The van der Waals surface area contributed by atoms with Crippen molar-refractivity contribution in [1.82, 2.24) is 0 Å². The molecular weight excluding hydrogens is 598 g/mol. The standard InChI is InChI=1S/C39H28F6O/c40-38(41,42)24-23-37(32-17-9-3-10-18-32,33-19-11-4-12-20-33)46-27-28-25-29-21-22-36(30-13-5-1-6-14-30,31-15-7-2-8-16-31)35(29)34(26-28)39(43,44)45/h1-20,25-26H,21-22,27H2. The van der Waals surface area contributed by atoms with Crippen molar-refractivity contribution >= 4 is 0 Å². The van der Waals surface area contributed by atoms with E-state index in [1.165, 1.54) is 5.92 Å². The maximum absolute atomic E-state index is 15.1.